The Morgan fingerprint density at radius 3 is 2.13 bits per heavy atom. The van der Waals surface area contributed by atoms with Crippen molar-refractivity contribution >= 4 is 18.0 Å². The van der Waals surface area contributed by atoms with E-state index in [1.165, 1.54) is 0 Å². The molecule has 2 fully saturated rings. The zero-order chi connectivity index (χ0) is 22.1. The maximum atomic E-state index is 12.0. The first-order valence-corrected chi connectivity index (χ1v) is 11.0. The topological polar surface area (TPSA) is 101 Å². The minimum Gasteiger partial charge on any atom is -0.430 e. The molecule has 0 aliphatic carbocycles. The fourth-order valence-electron chi connectivity index (χ4n) is 3.47. The molecule has 5 unspecified atom stereocenters. The van der Waals surface area contributed by atoms with Gasteiger partial charge in [0.15, 0.2) is 0 Å². The van der Waals surface area contributed by atoms with Gasteiger partial charge in [0.1, 0.15) is 18.8 Å². The molecule has 0 spiro atoms. The van der Waals surface area contributed by atoms with Crippen molar-refractivity contribution < 1.29 is 38.2 Å². The van der Waals surface area contributed by atoms with E-state index in [0.717, 1.165) is 25.7 Å². The Hall–Kier alpha value is -1.71. The fourth-order valence-corrected chi connectivity index (χ4v) is 3.47. The first-order valence-electron chi connectivity index (χ1n) is 11.0. The molecule has 0 aromatic rings. The van der Waals surface area contributed by atoms with E-state index in [1.54, 1.807) is 0 Å². The van der Waals surface area contributed by atoms with E-state index in [1.807, 2.05) is 6.92 Å². The van der Waals surface area contributed by atoms with Crippen molar-refractivity contribution in [2.24, 2.45) is 5.92 Å². The average Bonchev–Trinajstić information content (AvgIpc) is 3.03. The summed E-state index contributed by atoms with van der Waals surface area (Å²) in [5.41, 5.74) is 0. The monoisotopic (exact) mass is 429 g/mol. The van der Waals surface area contributed by atoms with Crippen LogP contribution in [0.15, 0.2) is 0 Å². The van der Waals surface area contributed by atoms with Gasteiger partial charge in [0.25, 0.3) is 11.8 Å². The summed E-state index contributed by atoms with van der Waals surface area (Å²) in [5, 5.41) is 0.459. The number of imide groups is 1. The number of amides is 2. The average molecular weight is 430 g/mol. The molecule has 2 aliphatic rings. The van der Waals surface area contributed by atoms with Crippen LogP contribution in [0.3, 0.4) is 0 Å². The second-order valence-corrected chi connectivity index (χ2v) is 7.85. The highest BCUT2D eigenvalue weighted by Gasteiger charge is 2.44. The summed E-state index contributed by atoms with van der Waals surface area (Å²) >= 11 is 0. The summed E-state index contributed by atoms with van der Waals surface area (Å²) in [7, 11) is 0. The normalized spacial score (nSPS) is 29.3. The number of hydrogen-bond donors (Lipinski definition) is 0. The van der Waals surface area contributed by atoms with Crippen molar-refractivity contribution in [1.29, 1.82) is 0 Å². The lowest BCUT2D eigenvalue weighted by Gasteiger charge is -2.44. The molecule has 172 valence electrons. The van der Waals surface area contributed by atoms with Gasteiger partial charge in [0.05, 0.1) is 12.2 Å². The molecular weight excluding hydrogens is 394 g/mol. The highest BCUT2D eigenvalue weighted by atomic mass is 16.8. The molecule has 2 amide bonds. The second-order valence-electron chi connectivity index (χ2n) is 7.85. The van der Waals surface area contributed by atoms with Crippen molar-refractivity contribution in [2.75, 3.05) is 19.8 Å². The Bertz CT molecular complexity index is 567. The van der Waals surface area contributed by atoms with E-state index in [-0.39, 0.29) is 37.6 Å². The van der Waals surface area contributed by atoms with Gasteiger partial charge in [-0.25, -0.2) is 4.79 Å². The van der Waals surface area contributed by atoms with Gasteiger partial charge >= 0.3 is 6.16 Å². The number of nitrogens with zero attached hydrogens (tertiary/aromatic N) is 1. The second kappa shape index (κ2) is 12.2. The zero-order valence-electron chi connectivity index (χ0n) is 18.5. The minimum absolute atomic E-state index is 0.0252. The lowest BCUT2D eigenvalue weighted by molar-refractivity contribution is -0.232. The zero-order valence-corrected chi connectivity index (χ0v) is 18.5. The van der Waals surface area contributed by atoms with Crippen molar-refractivity contribution in [3.63, 3.8) is 0 Å². The third-order valence-electron chi connectivity index (χ3n) is 5.49. The van der Waals surface area contributed by atoms with Crippen LogP contribution in [0, 0.1) is 5.92 Å². The number of rotatable bonds is 11. The Morgan fingerprint density at radius 1 is 1.00 bits per heavy atom. The smallest absolute Gasteiger partial charge is 0.430 e. The van der Waals surface area contributed by atoms with Crippen LogP contribution in [-0.2, 0) is 33.4 Å². The maximum absolute atomic E-state index is 12.0. The Kier molecular flexibility index (Phi) is 10.0. The summed E-state index contributed by atoms with van der Waals surface area (Å²) in [6.45, 7) is 9.25. The molecule has 2 heterocycles. The first kappa shape index (κ1) is 24.6. The van der Waals surface area contributed by atoms with Gasteiger partial charge in [-0.1, -0.05) is 38.7 Å². The van der Waals surface area contributed by atoms with Crippen LogP contribution in [-0.4, -0.2) is 67.3 Å². The summed E-state index contributed by atoms with van der Waals surface area (Å²) in [6, 6.07) is 0. The molecule has 2 aliphatic heterocycles. The number of unbranched alkanes of at least 4 members (excludes halogenated alkanes) is 2. The lowest BCUT2D eigenvalue weighted by atomic mass is 9.88. The van der Waals surface area contributed by atoms with Crippen LogP contribution < -0.4 is 0 Å². The highest BCUT2D eigenvalue weighted by molar-refractivity contribution is 6.01. The van der Waals surface area contributed by atoms with Crippen LogP contribution in [0.1, 0.15) is 66.2 Å². The van der Waals surface area contributed by atoms with Crippen LogP contribution in [0.4, 0.5) is 4.79 Å². The maximum Gasteiger partial charge on any atom is 0.534 e. The van der Waals surface area contributed by atoms with Gasteiger partial charge in [0.2, 0.25) is 0 Å². The molecule has 30 heavy (non-hydrogen) atoms. The molecule has 2 rings (SSSR count). The van der Waals surface area contributed by atoms with Gasteiger partial charge in [0, 0.05) is 32.0 Å². The van der Waals surface area contributed by atoms with Crippen molar-refractivity contribution in [2.45, 2.75) is 90.6 Å². The van der Waals surface area contributed by atoms with Crippen molar-refractivity contribution in [1.82, 2.24) is 5.06 Å². The molecule has 0 saturated carbocycles. The Balaban J connectivity index is 1.99. The Labute approximate surface area is 178 Å². The minimum atomic E-state index is -1.12. The predicted octanol–water partition coefficient (Wildman–Crippen LogP) is 3.00. The summed E-state index contributed by atoms with van der Waals surface area (Å²) in [4.78, 5) is 39.9. The van der Waals surface area contributed by atoms with Gasteiger partial charge in [-0.05, 0) is 19.8 Å². The quantitative estimate of drug-likeness (QED) is 0.281. The number of hydroxylamine groups is 2. The van der Waals surface area contributed by atoms with E-state index in [0.29, 0.717) is 18.3 Å². The highest BCUT2D eigenvalue weighted by Crippen LogP contribution is 2.31. The van der Waals surface area contributed by atoms with Crippen LogP contribution in [0.5, 0.6) is 0 Å². The fraction of sp³-hybridized carbons (Fsp3) is 0.857. The molecule has 0 radical (unpaired) electrons. The van der Waals surface area contributed by atoms with Gasteiger partial charge < -0.3 is 18.9 Å². The molecule has 5 atom stereocenters. The van der Waals surface area contributed by atoms with Gasteiger partial charge in [-0.2, -0.15) is 0 Å². The van der Waals surface area contributed by atoms with Crippen LogP contribution >= 0.6 is 0 Å². The van der Waals surface area contributed by atoms with E-state index in [4.69, 9.17) is 23.8 Å². The van der Waals surface area contributed by atoms with E-state index >= 15 is 0 Å². The number of carbonyl (C=O) groups is 3. The van der Waals surface area contributed by atoms with Crippen molar-refractivity contribution in [3.05, 3.63) is 0 Å². The molecule has 9 nitrogen and oxygen atoms in total. The molecule has 0 bridgehead atoms. The van der Waals surface area contributed by atoms with E-state index in [2.05, 4.69) is 20.8 Å². The SMILES string of the molecule is CCCCOC1C(COC(=O)ON2C(=O)CCC2=O)OC(C)C(C)C1OCCCC. The van der Waals surface area contributed by atoms with Gasteiger partial charge in [-0.15, -0.1) is 0 Å². The predicted molar refractivity (Wildman–Crippen MR) is 106 cm³/mol. The standard InChI is InChI=1S/C21H35NO8/c1-5-7-11-26-19-14(3)15(4)29-16(20(19)27-12-8-6-2)13-28-21(25)30-22-17(23)9-10-18(22)24/h14-16,19-20H,5-13H2,1-4H3. The molecule has 0 N–H and O–H groups in total. The number of hydrogen-bond acceptors (Lipinski definition) is 8. The Morgan fingerprint density at radius 2 is 1.57 bits per heavy atom. The molecular formula is C21H35NO8. The van der Waals surface area contributed by atoms with Crippen LogP contribution in [0.2, 0.25) is 0 Å². The number of carbonyl (C=O) groups excluding carboxylic acids is 3. The van der Waals surface area contributed by atoms with E-state index in [9.17, 15) is 14.4 Å². The lowest BCUT2D eigenvalue weighted by Crippen LogP contribution is -2.56. The summed E-state index contributed by atoms with van der Waals surface area (Å²) in [6.07, 6.45) is 1.55. The molecule has 2 saturated heterocycles. The molecule has 9 heteroatoms. The third kappa shape index (κ3) is 6.65. The molecule has 0 aromatic heterocycles. The molecule has 0 aromatic carbocycles. The first-order chi connectivity index (χ1) is 14.4. The largest absolute Gasteiger partial charge is 0.534 e. The summed E-state index contributed by atoms with van der Waals surface area (Å²) in [5.74, 6) is -1.01. The van der Waals surface area contributed by atoms with Crippen LogP contribution in [0.25, 0.3) is 0 Å². The van der Waals surface area contributed by atoms with E-state index < -0.39 is 30.2 Å². The van der Waals surface area contributed by atoms with Gasteiger partial charge in [-0.3, -0.25) is 14.4 Å². The third-order valence-corrected chi connectivity index (χ3v) is 5.49. The number of ether oxygens (including phenoxy) is 4. The summed E-state index contributed by atoms with van der Waals surface area (Å²) < 4.78 is 23.5. The van der Waals surface area contributed by atoms with Crippen molar-refractivity contribution in [3.8, 4) is 0 Å².